The van der Waals surface area contributed by atoms with Gasteiger partial charge in [0.1, 0.15) is 17.6 Å². The topological polar surface area (TPSA) is 55.1 Å². The fourth-order valence-electron chi connectivity index (χ4n) is 1.72. The maximum atomic E-state index is 13.8. The summed E-state index contributed by atoms with van der Waals surface area (Å²) in [6.07, 6.45) is 1.25. The van der Waals surface area contributed by atoms with E-state index in [4.69, 9.17) is 14.6 Å². The molecule has 18 heavy (non-hydrogen) atoms. The first-order chi connectivity index (χ1) is 8.28. The second-order valence-corrected chi connectivity index (χ2v) is 5.26. The number of hydrogen-bond donors (Lipinski definition) is 0. The maximum Gasteiger partial charge on any atom is 0.500 e. The molecule has 0 radical (unpaired) electrons. The van der Waals surface area contributed by atoms with E-state index in [1.165, 1.54) is 12.3 Å². The summed E-state index contributed by atoms with van der Waals surface area (Å²) in [6, 6.07) is 3.05. The van der Waals surface area contributed by atoms with Gasteiger partial charge in [0.2, 0.25) is 0 Å². The smallest absolute Gasteiger partial charge is 0.399 e. The highest BCUT2D eigenvalue weighted by molar-refractivity contribution is 6.62. The summed E-state index contributed by atoms with van der Waals surface area (Å²) in [7, 11) is -0.904. The van der Waals surface area contributed by atoms with Crippen LogP contribution in [-0.4, -0.2) is 23.3 Å². The molecule has 94 valence electrons. The highest BCUT2D eigenvalue weighted by atomic mass is 19.1. The number of hydrogen-bond acceptors (Lipinski definition) is 4. The second-order valence-electron chi connectivity index (χ2n) is 5.26. The molecule has 2 rings (SSSR count). The summed E-state index contributed by atoms with van der Waals surface area (Å²) in [6.45, 7) is 7.47. The van der Waals surface area contributed by atoms with E-state index in [9.17, 15) is 4.39 Å². The zero-order valence-electron chi connectivity index (χ0n) is 10.8. The molecule has 6 heteroatoms. The Morgan fingerprint density at radius 2 is 1.83 bits per heavy atom. The van der Waals surface area contributed by atoms with Crippen molar-refractivity contribution in [3.8, 4) is 6.07 Å². The van der Waals surface area contributed by atoms with Gasteiger partial charge in [0.05, 0.1) is 16.7 Å². The Labute approximate surface area is 106 Å². The van der Waals surface area contributed by atoms with Crippen LogP contribution in [0.1, 0.15) is 33.4 Å². The molecule has 1 saturated heterocycles. The van der Waals surface area contributed by atoms with Gasteiger partial charge in [-0.05, 0) is 33.8 Å². The molecule has 1 aromatic heterocycles. The molecule has 0 aliphatic carbocycles. The van der Waals surface area contributed by atoms with E-state index in [0.717, 1.165) is 0 Å². The highest BCUT2D eigenvalue weighted by Gasteiger charge is 2.53. The van der Waals surface area contributed by atoms with E-state index >= 15 is 0 Å². The molecular weight excluding hydrogens is 234 g/mol. The summed E-state index contributed by atoms with van der Waals surface area (Å²) in [4.78, 5) is 3.84. The van der Waals surface area contributed by atoms with Crippen molar-refractivity contribution >= 4 is 12.6 Å². The molecule has 1 fully saturated rings. The van der Waals surface area contributed by atoms with Gasteiger partial charge in [-0.2, -0.15) is 5.26 Å². The first-order valence-corrected chi connectivity index (χ1v) is 5.68. The van der Waals surface area contributed by atoms with Crippen LogP contribution in [0.2, 0.25) is 0 Å². The lowest BCUT2D eigenvalue weighted by Gasteiger charge is -2.32. The summed E-state index contributed by atoms with van der Waals surface area (Å²) in [5, 5.41) is 8.97. The van der Waals surface area contributed by atoms with E-state index < -0.39 is 24.1 Å². The van der Waals surface area contributed by atoms with Crippen LogP contribution < -0.4 is 5.46 Å². The van der Waals surface area contributed by atoms with E-state index in [1.807, 2.05) is 33.8 Å². The van der Waals surface area contributed by atoms with Gasteiger partial charge >= 0.3 is 7.12 Å². The quantitative estimate of drug-likeness (QED) is 0.704. The monoisotopic (exact) mass is 248 g/mol. The highest BCUT2D eigenvalue weighted by Crippen LogP contribution is 2.36. The normalized spacial score (nSPS) is 20.8. The largest absolute Gasteiger partial charge is 0.500 e. The number of pyridine rings is 1. The third-order valence-electron chi connectivity index (χ3n) is 3.53. The Bertz CT molecular complexity index is 509. The van der Waals surface area contributed by atoms with Crippen LogP contribution in [0.5, 0.6) is 0 Å². The van der Waals surface area contributed by atoms with Gasteiger partial charge in [0, 0.05) is 6.20 Å². The van der Waals surface area contributed by atoms with Crippen molar-refractivity contribution in [1.82, 2.24) is 4.98 Å². The number of rotatable bonds is 1. The average Bonchev–Trinajstić information content (AvgIpc) is 2.47. The van der Waals surface area contributed by atoms with Gasteiger partial charge in [-0.15, -0.1) is 0 Å². The van der Waals surface area contributed by atoms with Crippen LogP contribution in [0.3, 0.4) is 0 Å². The van der Waals surface area contributed by atoms with Gasteiger partial charge in [-0.25, -0.2) is 9.37 Å². The fourth-order valence-corrected chi connectivity index (χ4v) is 1.72. The zero-order valence-corrected chi connectivity index (χ0v) is 10.8. The minimum atomic E-state index is -0.904. The average molecular weight is 248 g/mol. The third kappa shape index (κ3) is 1.90. The molecule has 0 aromatic carbocycles. The molecule has 1 aliphatic heterocycles. The summed E-state index contributed by atoms with van der Waals surface area (Å²) >= 11 is 0. The van der Waals surface area contributed by atoms with Crippen LogP contribution in [0, 0.1) is 17.1 Å². The van der Waals surface area contributed by atoms with Crippen molar-refractivity contribution in [2.75, 3.05) is 0 Å². The van der Waals surface area contributed by atoms with Crippen LogP contribution in [0.4, 0.5) is 4.39 Å². The molecule has 0 amide bonds. The molecule has 0 spiro atoms. The number of halogens is 1. The van der Waals surface area contributed by atoms with Crippen molar-refractivity contribution in [2.45, 2.75) is 38.9 Å². The Hall–Kier alpha value is -1.45. The van der Waals surface area contributed by atoms with Crippen LogP contribution in [0.15, 0.2) is 12.3 Å². The van der Waals surface area contributed by atoms with Crippen molar-refractivity contribution < 1.29 is 13.7 Å². The lowest BCUT2D eigenvalue weighted by molar-refractivity contribution is 0.00578. The number of aromatic nitrogens is 1. The minimum absolute atomic E-state index is 0.00602. The van der Waals surface area contributed by atoms with Gasteiger partial charge in [0.25, 0.3) is 0 Å². The standard InChI is InChI=1S/C12H14BFN2O2/c1-11(2)12(3,4)18-13(17-11)10-8(14)5-6-16-9(10)7-15/h5-6H,1-4H3. The minimum Gasteiger partial charge on any atom is -0.399 e. The van der Waals surface area contributed by atoms with Gasteiger partial charge in [-0.3, -0.25) is 0 Å². The molecule has 0 bridgehead atoms. The van der Waals surface area contributed by atoms with E-state index in [0.29, 0.717) is 0 Å². The van der Waals surface area contributed by atoms with Crippen molar-refractivity contribution in [1.29, 1.82) is 5.26 Å². The first kappa shape index (κ1) is 13.0. The summed E-state index contributed by atoms with van der Waals surface area (Å²) in [5.74, 6) is -0.542. The van der Waals surface area contributed by atoms with Crippen molar-refractivity contribution in [3.63, 3.8) is 0 Å². The van der Waals surface area contributed by atoms with Crippen LogP contribution in [0.25, 0.3) is 0 Å². The number of nitriles is 1. The van der Waals surface area contributed by atoms with Gasteiger partial charge in [-0.1, -0.05) is 0 Å². The third-order valence-corrected chi connectivity index (χ3v) is 3.53. The molecule has 0 unspecified atom stereocenters. The van der Waals surface area contributed by atoms with Gasteiger partial charge in [0.15, 0.2) is 0 Å². The first-order valence-electron chi connectivity index (χ1n) is 5.68. The number of nitrogens with zero attached hydrogens (tertiary/aromatic N) is 2. The van der Waals surface area contributed by atoms with E-state index in [2.05, 4.69) is 4.98 Å². The fraction of sp³-hybridized carbons (Fsp3) is 0.500. The van der Waals surface area contributed by atoms with E-state index in [1.54, 1.807) is 0 Å². The Morgan fingerprint density at radius 3 is 2.33 bits per heavy atom. The Balaban J connectivity index is 2.45. The summed E-state index contributed by atoms with van der Waals surface area (Å²) in [5.41, 5.74) is -1.09. The van der Waals surface area contributed by atoms with E-state index in [-0.39, 0.29) is 11.2 Å². The van der Waals surface area contributed by atoms with Gasteiger partial charge < -0.3 is 9.31 Å². The molecule has 0 saturated carbocycles. The summed E-state index contributed by atoms with van der Waals surface area (Å²) < 4.78 is 25.3. The lowest BCUT2D eigenvalue weighted by atomic mass is 9.77. The Kier molecular flexibility index (Phi) is 2.92. The molecular formula is C12H14BFN2O2. The molecule has 0 atom stereocenters. The SMILES string of the molecule is CC1(C)OB(c2c(F)ccnc2C#N)OC1(C)C. The lowest BCUT2D eigenvalue weighted by Crippen LogP contribution is -2.41. The predicted molar refractivity (Wildman–Crippen MR) is 64.6 cm³/mol. The molecule has 1 aromatic rings. The molecule has 0 N–H and O–H groups in total. The van der Waals surface area contributed by atoms with Crippen molar-refractivity contribution in [2.24, 2.45) is 0 Å². The zero-order chi connectivity index (χ0) is 13.6. The molecule has 2 heterocycles. The Morgan fingerprint density at radius 1 is 1.28 bits per heavy atom. The van der Waals surface area contributed by atoms with Crippen molar-refractivity contribution in [3.05, 3.63) is 23.8 Å². The molecule has 4 nitrogen and oxygen atoms in total. The second kappa shape index (κ2) is 4.04. The predicted octanol–water partition coefficient (Wildman–Crippen LogP) is 1.39. The molecule has 1 aliphatic rings. The maximum absolute atomic E-state index is 13.8. The van der Waals surface area contributed by atoms with Crippen LogP contribution >= 0.6 is 0 Å². The van der Waals surface area contributed by atoms with Crippen LogP contribution in [-0.2, 0) is 9.31 Å².